The fraction of sp³-hybridized carbons (Fsp3) is 0.304. The lowest BCUT2D eigenvalue weighted by Gasteiger charge is -2.31. The molecule has 0 bridgehead atoms. The van der Waals surface area contributed by atoms with Gasteiger partial charge in [-0.15, -0.1) is 0 Å². The van der Waals surface area contributed by atoms with E-state index in [1.807, 2.05) is 0 Å². The van der Waals surface area contributed by atoms with Gasteiger partial charge in [-0.3, -0.25) is 0 Å². The fourth-order valence-electron chi connectivity index (χ4n) is 3.66. The number of anilines is 2. The molecule has 0 unspecified atom stereocenters. The van der Waals surface area contributed by atoms with E-state index < -0.39 is 0 Å². The first-order valence-electron chi connectivity index (χ1n) is 9.69. The van der Waals surface area contributed by atoms with E-state index in [0.29, 0.717) is 0 Å². The van der Waals surface area contributed by atoms with Gasteiger partial charge >= 0.3 is 0 Å². The Labute approximate surface area is 161 Å². The van der Waals surface area contributed by atoms with Crippen molar-refractivity contribution >= 4 is 11.8 Å². The van der Waals surface area contributed by atoms with Gasteiger partial charge in [0.25, 0.3) is 0 Å². The van der Waals surface area contributed by atoms with Crippen LogP contribution in [0.4, 0.5) is 11.8 Å². The Morgan fingerprint density at radius 2 is 1.70 bits per heavy atom. The molecule has 4 heteroatoms. The second-order valence-corrected chi connectivity index (χ2v) is 7.11. The summed E-state index contributed by atoms with van der Waals surface area (Å²) in [5, 5.41) is 0. The highest BCUT2D eigenvalue weighted by Gasteiger charge is 2.19. The van der Waals surface area contributed by atoms with Crippen LogP contribution in [0.15, 0.2) is 60.7 Å². The van der Waals surface area contributed by atoms with E-state index in [2.05, 4.69) is 84.3 Å². The van der Waals surface area contributed by atoms with Gasteiger partial charge in [-0.05, 0) is 37.0 Å². The minimum atomic E-state index is 0.815. The van der Waals surface area contributed by atoms with Crippen molar-refractivity contribution in [3.63, 3.8) is 0 Å². The summed E-state index contributed by atoms with van der Waals surface area (Å²) in [5.74, 6) is 1.84. The number of rotatable bonds is 5. The van der Waals surface area contributed by atoms with E-state index in [4.69, 9.17) is 9.97 Å². The van der Waals surface area contributed by atoms with Crippen LogP contribution in [-0.2, 0) is 19.5 Å². The molecule has 0 spiro atoms. The molecule has 0 atom stereocenters. The van der Waals surface area contributed by atoms with Gasteiger partial charge in [-0.2, -0.15) is 4.98 Å². The van der Waals surface area contributed by atoms with Crippen molar-refractivity contribution in [2.45, 2.75) is 33.4 Å². The number of aromatic nitrogens is 2. The van der Waals surface area contributed by atoms with E-state index in [-0.39, 0.29) is 0 Å². The molecule has 138 valence electrons. The molecule has 1 aliphatic heterocycles. The molecule has 1 aliphatic rings. The molecule has 0 amide bonds. The normalized spacial score (nSPS) is 13.3. The third kappa shape index (κ3) is 3.95. The molecule has 0 N–H and O–H groups in total. The van der Waals surface area contributed by atoms with Gasteiger partial charge in [0.2, 0.25) is 5.95 Å². The first kappa shape index (κ1) is 17.5. The number of benzene rings is 2. The Hall–Kier alpha value is -2.88. The minimum Gasteiger partial charge on any atom is -0.352 e. The average Bonchev–Trinajstić information content (AvgIpc) is 2.72. The maximum atomic E-state index is 4.94. The van der Waals surface area contributed by atoms with Crippen LogP contribution < -0.4 is 9.80 Å². The van der Waals surface area contributed by atoms with E-state index in [1.54, 1.807) is 0 Å². The van der Waals surface area contributed by atoms with Gasteiger partial charge in [0.15, 0.2) is 0 Å². The van der Waals surface area contributed by atoms with E-state index in [1.165, 1.54) is 16.7 Å². The molecule has 2 aromatic carbocycles. The Morgan fingerprint density at radius 3 is 2.48 bits per heavy atom. The maximum absolute atomic E-state index is 4.94. The molecular formula is C23H26N4. The highest BCUT2D eigenvalue weighted by Crippen LogP contribution is 2.25. The van der Waals surface area contributed by atoms with Crippen LogP contribution in [-0.4, -0.2) is 23.1 Å². The molecule has 27 heavy (non-hydrogen) atoms. The summed E-state index contributed by atoms with van der Waals surface area (Å²) >= 11 is 0. The first-order valence-corrected chi connectivity index (χ1v) is 9.69. The Bertz CT molecular complexity index is 887. The lowest BCUT2D eigenvalue weighted by Crippen LogP contribution is -2.32. The lowest BCUT2D eigenvalue weighted by molar-refractivity contribution is 0.711. The standard InChI is InChI=1S/C23H26N4/c1-3-26(16-19-9-5-4-6-10-19)23-24-18(2)15-22(25-23)27-14-13-20-11-7-8-12-21(20)17-27/h4-12,15H,3,13-14,16-17H2,1-2H3. The van der Waals surface area contributed by atoms with E-state index in [9.17, 15) is 0 Å². The molecule has 0 fully saturated rings. The number of nitrogens with zero attached hydrogens (tertiary/aromatic N) is 4. The SMILES string of the molecule is CCN(Cc1ccccc1)c1nc(C)cc(N2CCc3ccccc3C2)n1. The molecular weight excluding hydrogens is 332 g/mol. The van der Waals surface area contributed by atoms with Crippen molar-refractivity contribution in [1.29, 1.82) is 0 Å². The van der Waals surface area contributed by atoms with Gasteiger partial charge in [0.05, 0.1) is 0 Å². The Balaban J connectivity index is 1.59. The quantitative estimate of drug-likeness (QED) is 0.678. The molecule has 0 saturated carbocycles. The lowest BCUT2D eigenvalue weighted by atomic mass is 10.00. The fourth-order valence-corrected chi connectivity index (χ4v) is 3.66. The summed E-state index contributed by atoms with van der Waals surface area (Å²) in [6, 6.07) is 21.3. The third-order valence-corrected chi connectivity index (χ3v) is 5.16. The topological polar surface area (TPSA) is 32.3 Å². The summed E-state index contributed by atoms with van der Waals surface area (Å²) in [6.45, 7) is 7.83. The largest absolute Gasteiger partial charge is 0.352 e. The second kappa shape index (κ2) is 7.78. The highest BCUT2D eigenvalue weighted by molar-refractivity contribution is 5.49. The molecule has 0 saturated heterocycles. The van der Waals surface area contributed by atoms with Crippen molar-refractivity contribution in [2.75, 3.05) is 22.9 Å². The van der Waals surface area contributed by atoms with Crippen LogP contribution in [0.3, 0.4) is 0 Å². The van der Waals surface area contributed by atoms with Gasteiger partial charge in [0, 0.05) is 37.9 Å². The van der Waals surface area contributed by atoms with Gasteiger partial charge in [0.1, 0.15) is 5.82 Å². The zero-order valence-electron chi connectivity index (χ0n) is 16.1. The van der Waals surface area contributed by atoms with Crippen LogP contribution in [0, 0.1) is 6.92 Å². The van der Waals surface area contributed by atoms with E-state index >= 15 is 0 Å². The Morgan fingerprint density at radius 1 is 0.963 bits per heavy atom. The highest BCUT2D eigenvalue weighted by atomic mass is 15.3. The van der Waals surface area contributed by atoms with Gasteiger partial charge in [-0.1, -0.05) is 54.6 Å². The predicted molar refractivity (Wildman–Crippen MR) is 111 cm³/mol. The van der Waals surface area contributed by atoms with Crippen LogP contribution in [0.25, 0.3) is 0 Å². The first-order chi connectivity index (χ1) is 13.2. The molecule has 3 aromatic rings. The van der Waals surface area contributed by atoms with Gasteiger partial charge < -0.3 is 9.80 Å². The summed E-state index contributed by atoms with van der Waals surface area (Å²) in [6.07, 6.45) is 1.07. The minimum absolute atomic E-state index is 0.815. The zero-order valence-corrected chi connectivity index (χ0v) is 16.1. The summed E-state index contributed by atoms with van der Waals surface area (Å²) in [5.41, 5.74) is 5.15. The summed E-state index contributed by atoms with van der Waals surface area (Å²) in [7, 11) is 0. The summed E-state index contributed by atoms with van der Waals surface area (Å²) < 4.78 is 0. The van der Waals surface area contributed by atoms with Crippen LogP contribution >= 0.6 is 0 Å². The maximum Gasteiger partial charge on any atom is 0.227 e. The second-order valence-electron chi connectivity index (χ2n) is 7.11. The van der Waals surface area contributed by atoms with Crippen molar-refractivity contribution < 1.29 is 0 Å². The molecule has 4 nitrogen and oxygen atoms in total. The number of hydrogen-bond acceptors (Lipinski definition) is 4. The molecule has 1 aromatic heterocycles. The molecule has 0 radical (unpaired) electrons. The van der Waals surface area contributed by atoms with Crippen molar-refractivity contribution in [3.8, 4) is 0 Å². The zero-order chi connectivity index (χ0) is 18.6. The monoisotopic (exact) mass is 358 g/mol. The van der Waals surface area contributed by atoms with E-state index in [0.717, 1.165) is 50.1 Å². The van der Waals surface area contributed by atoms with Gasteiger partial charge in [-0.25, -0.2) is 4.98 Å². The van der Waals surface area contributed by atoms with Crippen molar-refractivity contribution in [3.05, 3.63) is 83.0 Å². The predicted octanol–water partition coefficient (Wildman–Crippen LogP) is 4.37. The van der Waals surface area contributed by atoms with Crippen molar-refractivity contribution in [1.82, 2.24) is 9.97 Å². The number of aryl methyl sites for hydroxylation is 1. The number of fused-ring (bicyclic) bond motifs is 1. The smallest absolute Gasteiger partial charge is 0.227 e. The Kier molecular flexibility index (Phi) is 5.05. The van der Waals surface area contributed by atoms with Crippen LogP contribution in [0.1, 0.15) is 29.3 Å². The molecule has 2 heterocycles. The van der Waals surface area contributed by atoms with Crippen LogP contribution in [0.2, 0.25) is 0 Å². The van der Waals surface area contributed by atoms with Crippen LogP contribution in [0.5, 0.6) is 0 Å². The molecule has 4 rings (SSSR count). The molecule has 0 aliphatic carbocycles. The third-order valence-electron chi connectivity index (χ3n) is 5.16. The van der Waals surface area contributed by atoms with Crippen molar-refractivity contribution in [2.24, 2.45) is 0 Å². The average molecular weight is 358 g/mol. The number of hydrogen-bond donors (Lipinski definition) is 0. The summed E-state index contributed by atoms with van der Waals surface area (Å²) in [4.78, 5) is 14.3.